The fourth-order valence-electron chi connectivity index (χ4n) is 3.45. The Hall–Kier alpha value is -2.01. The third-order valence-corrected chi connectivity index (χ3v) is 4.96. The Morgan fingerprint density at radius 2 is 1.94 bits per heavy atom. The average molecular weight is 543 g/mol. The second kappa shape index (κ2) is 12.7. The Kier molecular flexibility index (Phi) is 10.4. The lowest BCUT2D eigenvalue weighted by molar-refractivity contribution is 0.168. The molecule has 0 spiro atoms. The number of benzene rings is 1. The summed E-state index contributed by atoms with van der Waals surface area (Å²) >= 11 is 0. The zero-order valence-electron chi connectivity index (χ0n) is 18.8. The molecule has 3 rings (SSSR count). The highest BCUT2D eigenvalue weighted by molar-refractivity contribution is 14.0. The number of ether oxygens (including phenoxy) is 2. The summed E-state index contributed by atoms with van der Waals surface area (Å²) in [6.07, 6.45) is -0.0633. The van der Waals surface area contributed by atoms with E-state index < -0.39 is 0 Å². The number of aryl methyl sites for hydroxylation is 1. The third-order valence-electron chi connectivity index (χ3n) is 4.96. The Morgan fingerprint density at radius 1 is 1.23 bits per heavy atom. The molecule has 2 aromatic rings. The van der Waals surface area contributed by atoms with Crippen LogP contribution in [0.25, 0.3) is 0 Å². The molecule has 1 aromatic heterocycles. The molecular formula is C22H34IN5O3. The molecule has 2 heterocycles. The molecule has 1 saturated heterocycles. The van der Waals surface area contributed by atoms with Crippen LogP contribution in [0.15, 0.2) is 39.8 Å². The minimum Gasteiger partial charge on any atom is -0.493 e. The lowest BCUT2D eigenvalue weighted by Crippen LogP contribution is -2.52. The van der Waals surface area contributed by atoms with Crippen molar-refractivity contribution in [2.24, 2.45) is 4.99 Å². The van der Waals surface area contributed by atoms with Gasteiger partial charge in [0.2, 0.25) is 0 Å². The van der Waals surface area contributed by atoms with Crippen LogP contribution < -0.4 is 14.8 Å². The van der Waals surface area contributed by atoms with Crippen molar-refractivity contribution in [3.8, 4) is 11.5 Å². The fraction of sp³-hybridized carbons (Fsp3) is 0.545. The summed E-state index contributed by atoms with van der Waals surface area (Å²) in [4.78, 5) is 9.52. The Balaban J connectivity index is 0.00000341. The van der Waals surface area contributed by atoms with E-state index in [2.05, 4.69) is 27.2 Å². The number of hydrogen-bond donors (Lipinski definition) is 1. The lowest BCUT2D eigenvalue weighted by atomic mass is 10.3. The Labute approximate surface area is 202 Å². The number of aliphatic imine (C=N–C) groups is 1. The highest BCUT2D eigenvalue weighted by Gasteiger charge is 2.21. The molecule has 0 amide bonds. The first-order valence-corrected chi connectivity index (χ1v) is 10.6. The molecule has 1 aliphatic heterocycles. The Morgan fingerprint density at radius 3 is 2.55 bits per heavy atom. The fourth-order valence-corrected chi connectivity index (χ4v) is 3.45. The smallest absolute Gasteiger partial charge is 0.194 e. The number of hydrogen-bond acceptors (Lipinski definition) is 6. The molecule has 8 nitrogen and oxygen atoms in total. The molecule has 9 heteroatoms. The molecular weight excluding hydrogens is 509 g/mol. The third kappa shape index (κ3) is 7.57. The first-order valence-electron chi connectivity index (χ1n) is 10.6. The molecule has 0 saturated carbocycles. The summed E-state index contributed by atoms with van der Waals surface area (Å²) in [5.41, 5.74) is 0.990. The molecule has 172 valence electrons. The monoisotopic (exact) mass is 543 g/mol. The molecule has 1 N–H and O–H groups in total. The molecule has 31 heavy (non-hydrogen) atoms. The van der Waals surface area contributed by atoms with Gasteiger partial charge in [-0.2, -0.15) is 0 Å². The predicted octanol–water partition coefficient (Wildman–Crippen LogP) is 3.16. The van der Waals surface area contributed by atoms with Crippen molar-refractivity contribution < 1.29 is 14.0 Å². The predicted molar refractivity (Wildman–Crippen MR) is 133 cm³/mol. The van der Waals surface area contributed by atoms with Gasteiger partial charge in [-0.15, -0.1) is 24.0 Å². The maximum Gasteiger partial charge on any atom is 0.194 e. The maximum atomic E-state index is 6.04. The minimum atomic E-state index is -0.0633. The summed E-state index contributed by atoms with van der Waals surface area (Å²) in [5, 5.41) is 7.51. The van der Waals surface area contributed by atoms with Crippen LogP contribution in [0.4, 0.5) is 0 Å². The zero-order valence-corrected chi connectivity index (χ0v) is 21.2. The molecule has 1 atom stereocenters. The summed E-state index contributed by atoms with van der Waals surface area (Å²) in [7, 11) is 1.65. The molecule has 1 unspecified atom stereocenters. The first kappa shape index (κ1) is 25.3. The van der Waals surface area contributed by atoms with E-state index >= 15 is 0 Å². The summed E-state index contributed by atoms with van der Waals surface area (Å²) in [5.74, 6) is 3.27. The van der Waals surface area contributed by atoms with Crippen LogP contribution in [0.2, 0.25) is 0 Å². The van der Waals surface area contributed by atoms with E-state index in [4.69, 9.17) is 19.0 Å². The highest BCUT2D eigenvalue weighted by Crippen LogP contribution is 2.26. The number of halogens is 1. The van der Waals surface area contributed by atoms with Crippen LogP contribution in [0.3, 0.4) is 0 Å². The van der Waals surface area contributed by atoms with E-state index in [0.29, 0.717) is 6.54 Å². The zero-order chi connectivity index (χ0) is 21.3. The standard InChI is InChI=1S/C22H33N5O3.HI/c1-5-23-22(24-15-18(3)29-21-9-7-6-8-20(21)28-4)27-12-10-26(11-13-27)16-19-14-17(2)30-25-19;/h6-9,14,18H,5,10-13,15-16H2,1-4H3,(H,23,24);1H. The van der Waals surface area contributed by atoms with Crippen molar-refractivity contribution in [1.82, 2.24) is 20.3 Å². The second-order valence-corrected chi connectivity index (χ2v) is 7.47. The number of methoxy groups -OCH3 is 1. The number of nitrogens with one attached hydrogen (secondary N) is 1. The lowest BCUT2D eigenvalue weighted by Gasteiger charge is -2.36. The van der Waals surface area contributed by atoms with Gasteiger partial charge in [-0.1, -0.05) is 17.3 Å². The van der Waals surface area contributed by atoms with Crippen molar-refractivity contribution in [3.63, 3.8) is 0 Å². The number of rotatable bonds is 8. The van der Waals surface area contributed by atoms with E-state index in [1.54, 1.807) is 7.11 Å². The van der Waals surface area contributed by atoms with Crippen molar-refractivity contribution in [2.45, 2.75) is 33.4 Å². The van der Waals surface area contributed by atoms with Gasteiger partial charge in [0.1, 0.15) is 11.9 Å². The van der Waals surface area contributed by atoms with Gasteiger partial charge < -0.3 is 24.2 Å². The van der Waals surface area contributed by atoms with Crippen LogP contribution in [0.5, 0.6) is 11.5 Å². The van der Waals surface area contributed by atoms with Crippen LogP contribution in [-0.4, -0.2) is 73.4 Å². The molecule has 0 bridgehead atoms. The maximum absolute atomic E-state index is 6.04. The number of para-hydroxylation sites is 2. The van der Waals surface area contributed by atoms with Crippen LogP contribution >= 0.6 is 24.0 Å². The quantitative estimate of drug-likeness (QED) is 0.312. The number of guanidine groups is 1. The van der Waals surface area contributed by atoms with Crippen molar-refractivity contribution >= 4 is 29.9 Å². The van der Waals surface area contributed by atoms with Crippen molar-refractivity contribution in [1.29, 1.82) is 0 Å². The first-order chi connectivity index (χ1) is 14.6. The normalized spacial score (nSPS) is 15.9. The van der Waals surface area contributed by atoms with E-state index in [-0.39, 0.29) is 30.1 Å². The summed E-state index contributed by atoms with van der Waals surface area (Å²) in [6.45, 7) is 12.0. The number of nitrogens with zero attached hydrogens (tertiary/aromatic N) is 4. The van der Waals surface area contributed by atoms with Crippen LogP contribution in [-0.2, 0) is 6.54 Å². The van der Waals surface area contributed by atoms with Gasteiger partial charge in [0.25, 0.3) is 0 Å². The molecule has 1 aromatic carbocycles. The van der Waals surface area contributed by atoms with Gasteiger partial charge in [0, 0.05) is 45.3 Å². The molecule has 0 radical (unpaired) electrons. The molecule has 1 fully saturated rings. The molecule has 1 aliphatic rings. The topological polar surface area (TPSA) is 75.4 Å². The van der Waals surface area contributed by atoms with Crippen LogP contribution in [0, 0.1) is 6.92 Å². The number of aromatic nitrogens is 1. The van der Waals surface area contributed by atoms with E-state index in [1.807, 2.05) is 44.2 Å². The second-order valence-electron chi connectivity index (χ2n) is 7.47. The van der Waals surface area contributed by atoms with Gasteiger partial charge in [-0.3, -0.25) is 4.90 Å². The largest absolute Gasteiger partial charge is 0.493 e. The average Bonchev–Trinajstić information content (AvgIpc) is 3.16. The summed E-state index contributed by atoms with van der Waals surface area (Å²) in [6, 6.07) is 9.69. The van der Waals surface area contributed by atoms with Gasteiger partial charge in [-0.25, -0.2) is 4.99 Å². The minimum absolute atomic E-state index is 0. The van der Waals surface area contributed by atoms with E-state index in [1.165, 1.54) is 0 Å². The SMILES string of the molecule is CCNC(=NCC(C)Oc1ccccc1OC)N1CCN(Cc2cc(C)on2)CC1.I. The Bertz CT molecular complexity index is 821. The van der Waals surface area contributed by atoms with Crippen molar-refractivity contribution in [2.75, 3.05) is 46.4 Å². The highest BCUT2D eigenvalue weighted by atomic mass is 127. The van der Waals surface area contributed by atoms with Gasteiger partial charge in [0.15, 0.2) is 17.5 Å². The van der Waals surface area contributed by atoms with E-state index in [9.17, 15) is 0 Å². The summed E-state index contributed by atoms with van der Waals surface area (Å²) < 4.78 is 16.6. The van der Waals surface area contributed by atoms with E-state index in [0.717, 1.165) is 68.2 Å². The molecule has 0 aliphatic carbocycles. The van der Waals surface area contributed by atoms with Gasteiger partial charge in [-0.05, 0) is 32.9 Å². The number of piperazine rings is 1. The van der Waals surface area contributed by atoms with Gasteiger partial charge in [0.05, 0.1) is 19.3 Å². The van der Waals surface area contributed by atoms with Gasteiger partial charge >= 0.3 is 0 Å². The van der Waals surface area contributed by atoms with Crippen molar-refractivity contribution in [3.05, 3.63) is 41.8 Å². The van der Waals surface area contributed by atoms with Crippen LogP contribution in [0.1, 0.15) is 25.3 Å².